The summed E-state index contributed by atoms with van der Waals surface area (Å²) in [5.74, 6) is -0.311. The van der Waals surface area contributed by atoms with Crippen LogP contribution in [0.1, 0.15) is 19.8 Å². The van der Waals surface area contributed by atoms with Gasteiger partial charge in [-0.1, -0.05) is 35.1 Å². The Kier molecular flexibility index (Phi) is 6.62. The summed E-state index contributed by atoms with van der Waals surface area (Å²) in [4.78, 5) is 33.4. The van der Waals surface area contributed by atoms with Crippen molar-refractivity contribution in [2.45, 2.75) is 19.8 Å². The van der Waals surface area contributed by atoms with Crippen LogP contribution in [0.2, 0.25) is 5.15 Å². The Hall–Kier alpha value is -2.78. The second kappa shape index (κ2) is 9.57. The second-order valence-corrected chi connectivity index (χ2v) is 8.61. The monoisotopic (exact) mass is 459 g/mol. The molecule has 3 aromatic rings. The van der Waals surface area contributed by atoms with Crippen molar-refractivity contribution in [1.82, 2.24) is 15.2 Å². The van der Waals surface area contributed by atoms with Gasteiger partial charge in [0.2, 0.25) is 0 Å². The summed E-state index contributed by atoms with van der Waals surface area (Å²) in [5.41, 5.74) is 0.846. The largest absolute Gasteiger partial charge is 0.455 e. The van der Waals surface area contributed by atoms with Gasteiger partial charge in [-0.3, -0.25) is 14.5 Å². The number of benzene rings is 1. The second-order valence-electron chi connectivity index (χ2n) is 7.21. The van der Waals surface area contributed by atoms with Crippen LogP contribution in [-0.2, 0) is 14.3 Å². The van der Waals surface area contributed by atoms with Crippen molar-refractivity contribution in [3.8, 4) is 0 Å². The highest BCUT2D eigenvalue weighted by Crippen LogP contribution is 2.28. The molecular weight excluding hydrogens is 438 g/mol. The topological polar surface area (TPSA) is 88.5 Å². The van der Waals surface area contributed by atoms with Crippen LogP contribution in [0.3, 0.4) is 0 Å². The summed E-state index contributed by atoms with van der Waals surface area (Å²) in [6, 6.07) is 11.2. The number of thiazole rings is 1. The summed E-state index contributed by atoms with van der Waals surface area (Å²) in [6.07, 6.45) is 1.53. The summed E-state index contributed by atoms with van der Waals surface area (Å²) >= 11 is 7.24. The van der Waals surface area contributed by atoms with Crippen LogP contribution < -0.4 is 9.80 Å². The molecule has 8 nitrogen and oxygen atoms in total. The number of para-hydroxylation sites is 1. The number of esters is 1. The smallest absolute Gasteiger partial charge is 0.311 e. The van der Waals surface area contributed by atoms with Gasteiger partial charge >= 0.3 is 5.97 Å². The van der Waals surface area contributed by atoms with E-state index in [2.05, 4.69) is 15.2 Å². The highest BCUT2D eigenvalue weighted by Gasteiger charge is 2.29. The first kappa shape index (κ1) is 21.5. The fourth-order valence-electron chi connectivity index (χ4n) is 3.58. The van der Waals surface area contributed by atoms with Gasteiger partial charge in [-0.15, -0.1) is 10.2 Å². The van der Waals surface area contributed by atoms with E-state index >= 15 is 0 Å². The number of halogens is 1. The van der Waals surface area contributed by atoms with Gasteiger partial charge in [-0.25, -0.2) is 4.98 Å². The molecule has 1 aliphatic rings. The van der Waals surface area contributed by atoms with E-state index < -0.39 is 0 Å². The van der Waals surface area contributed by atoms with Gasteiger partial charge in [0, 0.05) is 19.6 Å². The first-order chi connectivity index (χ1) is 15.0. The van der Waals surface area contributed by atoms with Crippen molar-refractivity contribution in [2.24, 2.45) is 5.92 Å². The Morgan fingerprint density at radius 3 is 2.84 bits per heavy atom. The van der Waals surface area contributed by atoms with E-state index in [-0.39, 0.29) is 24.4 Å². The maximum Gasteiger partial charge on any atom is 0.311 e. The number of ether oxygens (including phenoxy) is 1. The molecular formula is C21H22ClN5O3S. The minimum absolute atomic E-state index is 0.286. The fourth-order valence-corrected chi connectivity index (χ4v) is 4.73. The Labute approximate surface area is 188 Å². The minimum Gasteiger partial charge on any atom is -0.455 e. The summed E-state index contributed by atoms with van der Waals surface area (Å²) in [7, 11) is 0. The molecule has 2 aromatic heterocycles. The fraction of sp³-hybridized carbons (Fsp3) is 0.381. The van der Waals surface area contributed by atoms with E-state index in [4.69, 9.17) is 16.3 Å². The molecule has 1 aromatic carbocycles. The molecule has 0 spiro atoms. The average molecular weight is 460 g/mol. The minimum atomic E-state index is -0.375. The molecule has 31 heavy (non-hydrogen) atoms. The molecule has 0 N–H and O–H groups in total. The van der Waals surface area contributed by atoms with E-state index in [1.165, 1.54) is 11.3 Å². The predicted molar refractivity (Wildman–Crippen MR) is 121 cm³/mol. The zero-order chi connectivity index (χ0) is 21.8. The molecule has 1 fully saturated rings. The molecule has 0 aliphatic carbocycles. The number of nitrogens with zero attached hydrogens (tertiary/aromatic N) is 5. The molecule has 0 bridgehead atoms. The lowest BCUT2D eigenvalue weighted by Gasteiger charge is -2.32. The lowest BCUT2D eigenvalue weighted by Crippen LogP contribution is -2.41. The first-order valence-corrected chi connectivity index (χ1v) is 11.3. The predicted octanol–water partition coefficient (Wildman–Crippen LogP) is 3.55. The number of likely N-dealkylation sites (N-methyl/N-ethyl adjacent to an activating group) is 1. The zero-order valence-corrected chi connectivity index (χ0v) is 18.6. The Morgan fingerprint density at radius 2 is 2.10 bits per heavy atom. The Bertz CT molecular complexity index is 1040. The summed E-state index contributed by atoms with van der Waals surface area (Å²) in [6.45, 7) is 3.26. The molecule has 10 heteroatoms. The maximum atomic E-state index is 12.7. The van der Waals surface area contributed by atoms with Crippen molar-refractivity contribution in [2.75, 3.05) is 36.0 Å². The number of amides is 1. The number of rotatable bonds is 6. The normalized spacial score (nSPS) is 16.3. The molecule has 0 unspecified atom stereocenters. The van der Waals surface area contributed by atoms with Crippen molar-refractivity contribution in [1.29, 1.82) is 0 Å². The van der Waals surface area contributed by atoms with Crippen molar-refractivity contribution >= 4 is 56.0 Å². The number of anilines is 2. The van der Waals surface area contributed by atoms with Crippen LogP contribution in [0.15, 0.2) is 36.4 Å². The van der Waals surface area contributed by atoms with Crippen molar-refractivity contribution < 1.29 is 14.3 Å². The standard InChI is InChI=1S/C21H22ClN5O3S/c1-2-27(21-23-15-7-3-4-8-16(15)31-21)19(28)13-30-20(29)14-6-5-11-26(12-14)18-10-9-17(22)24-25-18/h3-4,7-10,14H,2,5-6,11-13H2,1H3/t14-/m0/s1. The number of aromatic nitrogens is 3. The van der Waals surface area contributed by atoms with E-state index in [0.717, 1.165) is 23.2 Å². The summed E-state index contributed by atoms with van der Waals surface area (Å²) in [5, 5.41) is 8.87. The van der Waals surface area contributed by atoms with Crippen LogP contribution in [-0.4, -0.2) is 53.3 Å². The average Bonchev–Trinajstić information content (AvgIpc) is 3.22. The van der Waals surface area contributed by atoms with Gasteiger partial charge < -0.3 is 9.64 Å². The molecule has 1 aliphatic heterocycles. The van der Waals surface area contributed by atoms with E-state index in [1.807, 2.05) is 36.1 Å². The third kappa shape index (κ3) is 4.94. The van der Waals surface area contributed by atoms with Crippen LogP contribution in [0, 0.1) is 5.92 Å². The van der Waals surface area contributed by atoms with Gasteiger partial charge in [-0.2, -0.15) is 0 Å². The quantitative estimate of drug-likeness (QED) is 0.521. The SMILES string of the molecule is CCN(C(=O)COC(=O)[C@H]1CCCN(c2ccc(Cl)nn2)C1)c1nc2ccccc2s1. The maximum absolute atomic E-state index is 12.7. The van der Waals surface area contributed by atoms with Gasteiger partial charge in [-0.05, 0) is 44.0 Å². The van der Waals surface area contributed by atoms with E-state index in [0.29, 0.717) is 35.6 Å². The number of hydrogen-bond donors (Lipinski definition) is 0. The molecule has 4 rings (SSSR count). The lowest BCUT2D eigenvalue weighted by molar-refractivity contribution is -0.152. The number of fused-ring (bicyclic) bond motifs is 1. The Morgan fingerprint density at radius 1 is 1.26 bits per heavy atom. The zero-order valence-electron chi connectivity index (χ0n) is 17.0. The van der Waals surface area contributed by atoms with Crippen LogP contribution in [0.5, 0.6) is 0 Å². The van der Waals surface area contributed by atoms with Crippen LogP contribution >= 0.6 is 22.9 Å². The highest BCUT2D eigenvalue weighted by molar-refractivity contribution is 7.22. The third-order valence-electron chi connectivity index (χ3n) is 5.17. The van der Waals surface area contributed by atoms with E-state index in [9.17, 15) is 9.59 Å². The van der Waals surface area contributed by atoms with Crippen molar-refractivity contribution in [3.05, 3.63) is 41.6 Å². The highest BCUT2D eigenvalue weighted by atomic mass is 35.5. The summed E-state index contributed by atoms with van der Waals surface area (Å²) < 4.78 is 6.40. The molecule has 162 valence electrons. The third-order valence-corrected chi connectivity index (χ3v) is 6.43. The molecule has 1 saturated heterocycles. The molecule has 0 saturated carbocycles. The Balaban J connectivity index is 1.35. The van der Waals surface area contributed by atoms with Gasteiger partial charge in [0.05, 0.1) is 16.1 Å². The van der Waals surface area contributed by atoms with E-state index in [1.54, 1.807) is 17.0 Å². The van der Waals surface area contributed by atoms with Gasteiger partial charge in [0.15, 0.2) is 22.7 Å². The van der Waals surface area contributed by atoms with Gasteiger partial charge in [0.25, 0.3) is 5.91 Å². The molecule has 0 radical (unpaired) electrons. The number of carbonyl (C=O) groups is 2. The number of piperidine rings is 1. The molecule has 1 amide bonds. The van der Waals surface area contributed by atoms with Crippen molar-refractivity contribution in [3.63, 3.8) is 0 Å². The molecule has 3 heterocycles. The van der Waals surface area contributed by atoms with Crippen LogP contribution in [0.25, 0.3) is 10.2 Å². The first-order valence-electron chi connectivity index (χ1n) is 10.1. The van der Waals surface area contributed by atoms with Gasteiger partial charge in [0.1, 0.15) is 0 Å². The van der Waals surface area contributed by atoms with Crippen LogP contribution in [0.4, 0.5) is 10.9 Å². The lowest BCUT2D eigenvalue weighted by atomic mass is 9.98. The molecule has 1 atom stereocenters. The number of carbonyl (C=O) groups excluding carboxylic acids is 2. The number of hydrogen-bond acceptors (Lipinski definition) is 8.